The van der Waals surface area contributed by atoms with E-state index < -0.39 is 0 Å². The SMILES string of the molecule is CCc1nc(C)c(CNC(=O)CCCn2cnnn2)s1. The molecule has 2 aromatic rings. The molecular formula is C12H18N6OS. The minimum atomic E-state index is 0.0453. The summed E-state index contributed by atoms with van der Waals surface area (Å²) in [4.78, 5) is 17.3. The fourth-order valence-corrected chi connectivity index (χ4v) is 2.70. The number of rotatable bonds is 7. The highest BCUT2D eigenvalue weighted by atomic mass is 32.1. The van der Waals surface area contributed by atoms with E-state index in [0.717, 1.165) is 28.4 Å². The predicted octanol–water partition coefficient (Wildman–Crippen LogP) is 1.10. The van der Waals surface area contributed by atoms with Crippen molar-refractivity contribution >= 4 is 17.2 Å². The van der Waals surface area contributed by atoms with E-state index in [1.165, 1.54) is 0 Å². The molecule has 0 spiro atoms. The highest BCUT2D eigenvalue weighted by Crippen LogP contribution is 2.18. The Hall–Kier alpha value is -1.83. The summed E-state index contributed by atoms with van der Waals surface area (Å²) in [5, 5.41) is 14.9. The van der Waals surface area contributed by atoms with Crippen LogP contribution in [0.3, 0.4) is 0 Å². The van der Waals surface area contributed by atoms with Crippen molar-refractivity contribution in [3.63, 3.8) is 0 Å². The fraction of sp³-hybridized carbons (Fsp3) is 0.583. The third kappa shape index (κ3) is 4.09. The minimum Gasteiger partial charge on any atom is -0.351 e. The van der Waals surface area contributed by atoms with Gasteiger partial charge in [0, 0.05) is 17.8 Å². The summed E-state index contributed by atoms with van der Waals surface area (Å²) in [6, 6.07) is 0. The fourth-order valence-electron chi connectivity index (χ4n) is 1.76. The standard InChI is InChI=1S/C12H18N6OS/c1-3-12-15-9(2)10(20-12)7-13-11(19)5-4-6-18-8-14-16-17-18/h8H,3-7H2,1-2H3,(H,13,19). The van der Waals surface area contributed by atoms with Gasteiger partial charge in [-0.05, 0) is 30.2 Å². The van der Waals surface area contributed by atoms with E-state index in [9.17, 15) is 4.79 Å². The van der Waals surface area contributed by atoms with Gasteiger partial charge in [0.1, 0.15) is 6.33 Å². The third-order valence-corrected chi connectivity index (χ3v) is 4.17. The molecule has 1 N–H and O–H groups in total. The van der Waals surface area contributed by atoms with Crippen molar-refractivity contribution in [2.75, 3.05) is 0 Å². The molecule has 0 radical (unpaired) electrons. The molecule has 0 saturated carbocycles. The molecule has 0 atom stereocenters. The number of carbonyl (C=O) groups excluding carboxylic acids is 1. The molecule has 2 aromatic heterocycles. The molecular weight excluding hydrogens is 276 g/mol. The number of carbonyl (C=O) groups is 1. The quantitative estimate of drug-likeness (QED) is 0.826. The van der Waals surface area contributed by atoms with E-state index in [2.05, 4.69) is 32.7 Å². The Balaban J connectivity index is 1.70. The largest absolute Gasteiger partial charge is 0.351 e. The van der Waals surface area contributed by atoms with Crippen molar-refractivity contribution < 1.29 is 4.79 Å². The summed E-state index contributed by atoms with van der Waals surface area (Å²) in [5.74, 6) is 0.0453. The van der Waals surface area contributed by atoms with E-state index in [4.69, 9.17) is 0 Å². The van der Waals surface area contributed by atoms with Crippen LogP contribution in [-0.4, -0.2) is 31.1 Å². The molecule has 1 amide bonds. The lowest BCUT2D eigenvalue weighted by Gasteiger charge is -2.04. The van der Waals surface area contributed by atoms with Crippen LogP contribution in [0.4, 0.5) is 0 Å². The number of hydrogen-bond donors (Lipinski definition) is 1. The van der Waals surface area contributed by atoms with Gasteiger partial charge in [0.05, 0.1) is 17.2 Å². The molecule has 8 heteroatoms. The first-order chi connectivity index (χ1) is 9.69. The monoisotopic (exact) mass is 294 g/mol. The van der Waals surface area contributed by atoms with E-state index in [1.54, 1.807) is 22.3 Å². The number of aromatic nitrogens is 5. The maximum atomic E-state index is 11.7. The lowest BCUT2D eigenvalue weighted by Crippen LogP contribution is -2.22. The number of thiazole rings is 1. The molecule has 0 aromatic carbocycles. The van der Waals surface area contributed by atoms with Crippen molar-refractivity contribution in [2.24, 2.45) is 0 Å². The van der Waals surface area contributed by atoms with Gasteiger partial charge in [-0.15, -0.1) is 16.4 Å². The molecule has 7 nitrogen and oxygen atoms in total. The molecule has 2 rings (SSSR count). The number of aryl methyl sites for hydroxylation is 3. The first kappa shape index (κ1) is 14.6. The average Bonchev–Trinajstić information content (AvgIpc) is 3.06. The Kier molecular flexibility index (Phi) is 5.16. The molecule has 108 valence electrons. The van der Waals surface area contributed by atoms with Gasteiger partial charge in [0.2, 0.25) is 5.91 Å². The summed E-state index contributed by atoms with van der Waals surface area (Å²) in [6.07, 6.45) is 3.67. The molecule has 0 aliphatic rings. The lowest BCUT2D eigenvalue weighted by atomic mass is 10.3. The topological polar surface area (TPSA) is 85.6 Å². The molecule has 0 bridgehead atoms. The van der Waals surface area contributed by atoms with Gasteiger partial charge in [-0.25, -0.2) is 9.67 Å². The van der Waals surface area contributed by atoms with Crippen LogP contribution >= 0.6 is 11.3 Å². The third-order valence-electron chi connectivity index (χ3n) is 2.87. The summed E-state index contributed by atoms with van der Waals surface area (Å²) in [5.41, 5.74) is 1.01. The number of hydrogen-bond acceptors (Lipinski definition) is 6. The van der Waals surface area contributed by atoms with E-state index in [1.807, 2.05) is 6.92 Å². The molecule has 20 heavy (non-hydrogen) atoms. The predicted molar refractivity (Wildman–Crippen MR) is 75.1 cm³/mol. The zero-order chi connectivity index (χ0) is 14.4. The van der Waals surface area contributed by atoms with Gasteiger partial charge in [-0.1, -0.05) is 6.92 Å². The zero-order valence-corrected chi connectivity index (χ0v) is 12.5. The molecule has 0 aliphatic carbocycles. The van der Waals surface area contributed by atoms with Crippen LogP contribution in [0.5, 0.6) is 0 Å². The number of amides is 1. The van der Waals surface area contributed by atoms with Gasteiger partial charge in [0.25, 0.3) is 0 Å². The van der Waals surface area contributed by atoms with Gasteiger partial charge < -0.3 is 5.32 Å². The maximum absolute atomic E-state index is 11.7. The minimum absolute atomic E-state index is 0.0453. The van der Waals surface area contributed by atoms with Crippen molar-refractivity contribution in [1.29, 1.82) is 0 Å². The molecule has 0 unspecified atom stereocenters. The zero-order valence-electron chi connectivity index (χ0n) is 11.7. The molecule has 0 fully saturated rings. The number of nitrogens with zero attached hydrogens (tertiary/aromatic N) is 5. The summed E-state index contributed by atoms with van der Waals surface area (Å²) in [6.45, 7) is 5.28. The van der Waals surface area contributed by atoms with Gasteiger partial charge in [0.15, 0.2) is 0 Å². The van der Waals surface area contributed by atoms with Crippen LogP contribution in [-0.2, 0) is 24.3 Å². The number of nitrogens with one attached hydrogen (secondary N) is 1. The average molecular weight is 294 g/mol. The lowest BCUT2D eigenvalue weighted by molar-refractivity contribution is -0.121. The highest BCUT2D eigenvalue weighted by molar-refractivity contribution is 7.11. The maximum Gasteiger partial charge on any atom is 0.220 e. The van der Waals surface area contributed by atoms with Gasteiger partial charge >= 0.3 is 0 Å². The smallest absolute Gasteiger partial charge is 0.220 e. The van der Waals surface area contributed by atoms with Crippen LogP contribution in [0.2, 0.25) is 0 Å². The van der Waals surface area contributed by atoms with Crippen molar-refractivity contribution in [3.8, 4) is 0 Å². The van der Waals surface area contributed by atoms with E-state index >= 15 is 0 Å². The van der Waals surface area contributed by atoms with Crippen molar-refractivity contribution in [1.82, 2.24) is 30.5 Å². The normalized spacial score (nSPS) is 10.7. The van der Waals surface area contributed by atoms with Crippen LogP contribution in [0, 0.1) is 6.92 Å². The molecule has 2 heterocycles. The molecule has 0 aliphatic heterocycles. The Bertz CT molecular complexity index is 550. The second kappa shape index (κ2) is 7.09. The van der Waals surface area contributed by atoms with Crippen LogP contribution < -0.4 is 5.32 Å². The summed E-state index contributed by atoms with van der Waals surface area (Å²) < 4.78 is 1.62. The van der Waals surface area contributed by atoms with Crippen LogP contribution in [0.15, 0.2) is 6.33 Å². The Morgan fingerprint density at radius 3 is 3.00 bits per heavy atom. The summed E-state index contributed by atoms with van der Waals surface area (Å²) >= 11 is 1.67. The second-order valence-electron chi connectivity index (χ2n) is 4.42. The first-order valence-electron chi connectivity index (χ1n) is 6.61. The Labute approximate surface area is 121 Å². The van der Waals surface area contributed by atoms with Crippen LogP contribution in [0.25, 0.3) is 0 Å². The van der Waals surface area contributed by atoms with Crippen LogP contribution in [0.1, 0.15) is 35.3 Å². The van der Waals surface area contributed by atoms with Gasteiger partial charge in [-0.2, -0.15) is 0 Å². The second-order valence-corrected chi connectivity index (χ2v) is 5.59. The first-order valence-corrected chi connectivity index (χ1v) is 7.43. The van der Waals surface area contributed by atoms with E-state index in [0.29, 0.717) is 19.5 Å². The Morgan fingerprint density at radius 2 is 2.35 bits per heavy atom. The van der Waals surface area contributed by atoms with E-state index in [-0.39, 0.29) is 5.91 Å². The summed E-state index contributed by atoms with van der Waals surface area (Å²) in [7, 11) is 0. The highest BCUT2D eigenvalue weighted by Gasteiger charge is 2.08. The molecule has 0 saturated heterocycles. The van der Waals surface area contributed by atoms with Crippen molar-refractivity contribution in [3.05, 3.63) is 21.9 Å². The Morgan fingerprint density at radius 1 is 1.50 bits per heavy atom. The van der Waals surface area contributed by atoms with Gasteiger partial charge in [-0.3, -0.25) is 4.79 Å². The number of tetrazole rings is 1. The van der Waals surface area contributed by atoms with Crippen molar-refractivity contribution in [2.45, 2.75) is 46.2 Å².